The lowest BCUT2D eigenvalue weighted by Crippen LogP contribution is -2.27. The standard InChI is InChI=1S/C21H24N4.2ClH/c1-3-23(4-2)14-15-24-19-12-8-9-13-20(19)25-16-18(22-21(24)25)17-10-6-5-7-11-17;;/h5-13,16H,3-4,14-15H2,1-2H3;2*1H. The molecule has 4 nitrogen and oxygen atoms in total. The molecule has 0 bridgehead atoms. The molecule has 0 atom stereocenters. The third kappa shape index (κ3) is 3.98. The van der Waals surface area contributed by atoms with E-state index in [1.54, 1.807) is 0 Å². The van der Waals surface area contributed by atoms with Crippen LogP contribution in [0.5, 0.6) is 0 Å². The van der Waals surface area contributed by atoms with Gasteiger partial charge in [0.25, 0.3) is 0 Å². The average Bonchev–Trinajstić information content (AvgIpc) is 3.22. The lowest BCUT2D eigenvalue weighted by molar-refractivity contribution is 0.293. The van der Waals surface area contributed by atoms with Crippen molar-refractivity contribution in [2.45, 2.75) is 20.4 Å². The zero-order valence-electron chi connectivity index (χ0n) is 15.7. The summed E-state index contributed by atoms with van der Waals surface area (Å²) in [5, 5.41) is 0. The van der Waals surface area contributed by atoms with E-state index in [4.69, 9.17) is 4.98 Å². The molecule has 0 aliphatic carbocycles. The van der Waals surface area contributed by atoms with Crippen LogP contribution >= 0.6 is 24.8 Å². The van der Waals surface area contributed by atoms with Crippen LogP contribution in [0.3, 0.4) is 0 Å². The van der Waals surface area contributed by atoms with Gasteiger partial charge in [0.2, 0.25) is 5.78 Å². The Morgan fingerprint density at radius 2 is 1.48 bits per heavy atom. The van der Waals surface area contributed by atoms with Gasteiger partial charge in [0.05, 0.1) is 16.7 Å². The molecule has 0 aliphatic heterocycles. The first kappa shape index (κ1) is 21.3. The van der Waals surface area contributed by atoms with Gasteiger partial charge in [-0.05, 0) is 25.2 Å². The summed E-state index contributed by atoms with van der Waals surface area (Å²) in [5.74, 6) is 1.02. The highest BCUT2D eigenvalue weighted by molar-refractivity contribution is 5.85. The molecule has 0 fully saturated rings. The van der Waals surface area contributed by atoms with Crippen LogP contribution < -0.4 is 0 Å². The lowest BCUT2D eigenvalue weighted by Gasteiger charge is -2.18. The van der Waals surface area contributed by atoms with Crippen molar-refractivity contribution in [2.24, 2.45) is 0 Å². The van der Waals surface area contributed by atoms with E-state index >= 15 is 0 Å². The Labute approximate surface area is 172 Å². The molecule has 0 radical (unpaired) electrons. The van der Waals surface area contributed by atoms with Crippen LogP contribution in [0.25, 0.3) is 28.1 Å². The van der Waals surface area contributed by atoms with Gasteiger partial charge in [0.15, 0.2) is 0 Å². The quantitative estimate of drug-likeness (QED) is 0.444. The van der Waals surface area contributed by atoms with Crippen molar-refractivity contribution in [3.8, 4) is 11.3 Å². The van der Waals surface area contributed by atoms with E-state index in [0.717, 1.165) is 43.2 Å². The zero-order chi connectivity index (χ0) is 17.2. The van der Waals surface area contributed by atoms with Gasteiger partial charge in [0.1, 0.15) is 0 Å². The van der Waals surface area contributed by atoms with Crippen molar-refractivity contribution in [2.75, 3.05) is 19.6 Å². The third-order valence-corrected chi connectivity index (χ3v) is 4.96. The summed E-state index contributed by atoms with van der Waals surface area (Å²) in [7, 11) is 0. The van der Waals surface area contributed by atoms with Crippen LogP contribution in [-0.4, -0.2) is 38.5 Å². The van der Waals surface area contributed by atoms with E-state index < -0.39 is 0 Å². The van der Waals surface area contributed by atoms with Crippen LogP contribution in [0.15, 0.2) is 60.8 Å². The normalized spacial score (nSPS) is 10.9. The number of likely N-dealkylation sites (N-methyl/N-ethyl adjacent to an activating group) is 1. The van der Waals surface area contributed by atoms with E-state index in [1.807, 2.05) is 6.07 Å². The molecule has 2 aromatic carbocycles. The number of nitrogens with zero attached hydrogens (tertiary/aromatic N) is 4. The minimum absolute atomic E-state index is 0. The predicted octanol–water partition coefficient (Wildman–Crippen LogP) is 5.14. The van der Waals surface area contributed by atoms with E-state index in [9.17, 15) is 0 Å². The van der Waals surface area contributed by atoms with Crippen molar-refractivity contribution in [1.29, 1.82) is 0 Å². The minimum Gasteiger partial charge on any atom is -0.308 e. The fourth-order valence-electron chi connectivity index (χ4n) is 3.49. The van der Waals surface area contributed by atoms with E-state index in [-0.39, 0.29) is 24.8 Å². The molecule has 27 heavy (non-hydrogen) atoms. The number of rotatable bonds is 6. The maximum atomic E-state index is 4.96. The van der Waals surface area contributed by atoms with E-state index in [2.05, 4.69) is 82.4 Å². The molecule has 6 heteroatoms. The topological polar surface area (TPSA) is 25.5 Å². The van der Waals surface area contributed by atoms with Crippen molar-refractivity contribution in [3.63, 3.8) is 0 Å². The molecule has 2 heterocycles. The molecule has 0 amide bonds. The maximum Gasteiger partial charge on any atom is 0.215 e. The highest BCUT2D eigenvalue weighted by Gasteiger charge is 2.14. The lowest BCUT2D eigenvalue weighted by atomic mass is 10.2. The zero-order valence-corrected chi connectivity index (χ0v) is 17.3. The maximum absolute atomic E-state index is 4.96. The molecular weight excluding hydrogens is 379 g/mol. The summed E-state index contributed by atoms with van der Waals surface area (Å²) in [6, 6.07) is 19.0. The number of aromatic nitrogens is 3. The van der Waals surface area contributed by atoms with Crippen molar-refractivity contribution in [3.05, 3.63) is 60.8 Å². The molecule has 4 rings (SSSR count). The van der Waals surface area contributed by atoms with Gasteiger partial charge < -0.3 is 9.47 Å². The molecule has 0 aliphatic rings. The highest BCUT2D eigenvalue weighted by Crippen LogP contribution is 2.25. The molecular formula is C21H26Cl2N4. The molecule has 0 spiro atoms. The minimum atomic E-state index is 0. The Balaban J connectivity index is 0.00000131. The Kier molecular flexibility index (Phi) is 7.31. The number of hydrogen-bond donors (Lipinski definition) is 0. The number of fused-ring (bicyclic) bond motifs is 3. The van der Waals surface area contributed by atoms with E-state index in [1.165, 1.54) is 11.0 Å². The first-order valence-electron chi connectivity index (χ1n) is 9.06. The third-order valence-electron chi connectivity index (χ3n) is 4.96. The van der Waals surface area contributed by atoms with Crippen molar-refractivity contribution in [1.82, 2.24) is 18.9 Å². The summed E-state index contributed by atoms with van der Waals surface area (Å²) < 4.78 is 4.57. The molecule has 0 saturated heterocycles. The average molecular weight is 405 g/mol. The number of imidazole rings is 2. The summed E-state index contributed by atoms with van der Waals surface area (Å²) in [4.78, 5) is 7.41. The molecule has 4 aromatic rings. The van der Waals surface area contributed by atoms with Gasteiger partial charge in [-0.25, -0.2) is 4.98 Å². The summed E-state index contributed by atoms with van der Waals surface area (Å²) in [5.41, 5.74) is 4.65. The summed E-state index contributed by atoms with van der Waals surface area (Å²) in [6.07, 6.45) is 2.15. The van der Waals surface area contributed by atoms with Crippen LogP contribution in [-0.2, 0) is 6.54 Å². The fourth-order valence-corrected chi connectivity index (χ4v) is 3.49. The van der Waals surface area contributed by atoms with Gasteiger partial charge in [-0.2, -0.15) is 0 Å². The Morgan fingerprint density at radius 1 is 0.852 bits per heavy atom. The second kappa shape index (κ2) is 9.27. The number of benzene rings is 2. The number of halogens is 2. The second-order valence-corrected chi connectivity index (χ2v) is 6.33. The fraction of sp³-hybridized carbons (Fsp3) is 0.286. The van der Waals surface area contributed by atoms with Gasteiger partial charge in [-0.15, -0.1) is 24.8 Å². The first-order chi connectivity index (χ1) is 12.3. The predicted molar refractivity (Wildman–Crippen MR) is 118 cm³/mol. The Hall–Kier alpha value is -2.01. The van der Waals surface area contributed by atoms with Gasteiger partial charge in [0, 0.05) is 24.8 Å². The van der Waals surface area contributed by atoms with Gasteiger partial charge in [-0.3, -0.25) is 4.40 Å². The smallest absolute Gasteiger partial charge is 0.215 e. The van der Waals surface area contributed by atoms with Crippen LogP contribution in [0, 0.1) is 0 Å². The summed E-state index contributed by atoms with van der Waals surface area (Å²) >= 11 is 0. The summed E-state index contributed by atoms with van der Waals surface area (Å²) in [6.45, 7) is 8.58. The number of para-hydroxylation sites is 2. The Bertz CT molecular complexity index is 987. The monoisotopic (exact) mass is 404 g/mol. The van der Waals surface area contributed by atoms with Crippen LogP contribution in [0.1, 0.15) is 13.8 Å². The SMILES string of the molecule is CCN(CC)CCn1c2ccccc2n2cc(-c3ccccc3)nc12.Cl.Cl. The second-order valence-electron chi connectivity index (χ2n) is 6.33. The highest BCUT2D eigenvalue weighted by atomic mass is 35.5. The Morgan fingerprint density at radius 3 is 2.15 bits per heavy atom. The van der Waals surface area contributed by atoms with Gasteiger partial charge in [-0.1, -0.05) is 56.3 Å². The molecule has 0 saturated carbocycles. The van der Waals surface area contributed by atoms with Crippen molar-refractivity contribution >= 4 is 41.6 Å². The van der Waals surface area contributed by atoms with Crippen molar-refractivity contribution < 1.29 is 0 Å². The molecule has 2 aromatic heterocycles. The first-order valence-corrected chi connectivity index (χ1v) is 9.06. The van der Waals surface area contributed by atoms with Gasteiger partial charge >= 0.3 is 0 Å². The van der Waals surface area contributed by atoms with Crippen LogP contribution in [0.2, 0.25) is 0 Å². The van der Waals surface area contributed by atoms with Crippen LogP contribution in [0.4, 0.5) is 0 Å². The molecule has 144 valence electrons. The van der Waals surface area contributed by atoms with E-state index in [0.29, 0.717) is 0 Å². The number of hydrogen-bond acceptors (Lipinski definition) is 2. The molecule has 0 N–H and O–H groups in total. The largest absolute Gasteiger partial charge is 0.308 e. The molecule has 0 unspecified atom stereocenters.